The SMILES string of the molecule is CN(CCCC(=O)O)C(=O)c1cccc(S(=O)(=O)N(C)c2ccccc2)c1. The van der Waals surface area contributed by atoms with Gasteiger partial charge >= 0.3 is 5.97 Å². The third-order valence-electron chi connectivity index (χ3n) is 4.09. The lowest BCUT2D eigenvalue weighted by atomic mass is 10.2. The van der Waals surface area contributed by atoms with Gasteiger partial charge in [0.2, 0.25) is 0 Å². The summed E-state index contributed by atoms with van der Waals surface area (Å²) in [5.74, 6) is -1.28. The van der Waals surface area contributed by atoms with E-state index < -0.39 is 16.0 Å². The van der Waals surface area contributed by atoms with Gasteiger partial charge in [-0.2, -0.15) is 0 Å². The number of anilines is 1. The second-order valence-corrected chi connectivity index (χ2v) is 8.03. The number of carbonyl (C=O) groups excluding carboxylic acids is 1. The average molecular weight is 390 g/mol. The molecular formula is C19H22N2O5S. The van der Waals surface area contributed by atoms with E-state index in [1.165, 1.54) is 36.2 Å². The van der Waals surface area contributed by atoms with Gasteiger partial charge in [0.15, 0.2) is 0 Å². The standard InChI is InChI=1S/C19H22N2O5S/c1-20(13-7-12-18(22)23)19(24)15-8-6-11-17(14-15)27(25,26)21(2)16-9-4-3-5-10-16/h3-6,8-11,14H,7,12-13H2,1-2H3,(H,22,23). The van der Waals surface area contributed by atoms with Crippen LogP contribution in [0.25, 0.3) is 0 Å². The van der Waals surface area contributed by atoms with Crippen molar-refractivity contribution < 1.29 is 23.1 Å². The Hall–Kier alpha value is -2.87. The topological polar surface area (TPSA) is 95.0 Å². The summed E-state index contributed by atoms with van der Waals surface area (Å²) < 4.78 is 26.9. The fourth-order valence-electron chi connectivity index (χ4n) is 2.51. The first kappa shape index (κ1) is 20.4. The first-order valence-electron chi connectivity index (χ1n) is 8.35. The number of amides is 1. The highest BCUT2D eigenvalue weighted by Gasteiger charge is 2.23. The molecule has 0 bridgehead atoms. The van der Waals surface area contributed by atoms with Gasteiger partial charge in [0.05, 0.1) is 10.6 Å². The highest BCUT2D eigenvalue weighted by Crippen LogP contribution is 2.22. The van der Waals surface area contributed by atoms with Crippen molar-refractivity contribution in [3.05, 3.63) is 60.2 Å². The van der Waals surface area contributed by atoms with Gasteiger partial charge < -0.3 is 10.0 Å². The Labute approximate surface area is 158 Å². The number of carboxylic acid groups (broad SMARTS) is 1. The number of rotatable bonds is 8. The summed E-state index contributed by atoms with van der Waals surface area (Å²) in [6.07, 6.45) is 0.292. The maximum Gasteiger partial charge on any atom is 0.303 e. The molecule has 0 aliphatic rings. The lowest BCUT2D eigenvalue weighted by molar-refractivity contribution is -0.137. The van der Waals surface area contributed by atoms with E-state index in [1.54, 1.807) is 37.4 Å². The molecule has 144 valence electrons. The van der Waals surface area contributed by atoms with E-state index in [4.69, 9.17) is 5.11 Å². The van der Waals surface area contributed by atoms with Crippen molar-refractivity contribution in [1.82, 2.24) is 4.90 Å². The fraction of sp³-hybridized carbons (Fsp3) is 0.263. The maximum absolute atomic E-state index is 12.9. The second kappa shape index (κ2) is 8.68. The Morgan fingerprint density at radius 2 is 1.67 bits per heavy atom. The first-order valence-corrected chi connectivity index (χ1v) is 9.79. The number of benzene rings is 2. The molecule has 0 heterocycles. The summed E-state index contributed by atoms with van der Waals surface area (Å²) in [7, 11) is -0.805. The zero-order chi connectivity index (χ0) is 20.0. The summed E-state index contributed by atoms with van der Waals surface area (Å²) in [5.41, 5.74) is 0.746. The third kappa shape index (κ3) is 5.07. The minimum absolute atomic E-state index is 0.0126. The van der Waals surface area contributed by atoms with Gasteiger partial charge in [-0.1, -0.05) is 24.3 Å². The Kier molecular flexibility index (Phi) is 6.57. The highest BCUT2D eigenvalue weighted by atomic mass is 32.2. The number of hydrogen-bond donors (Lipinski definition) is 1. The van der Waals surface area contributed by atoms with Crippen molar-refractivity contribution >= 4 is 27.6 Å². The highest BCUT2D eigenvalue weighted by molar-refractivity contribution is 7.92. The minimum atomic E-state index is -3.82. The van der Waals surface area contributed by atoms with Crippen LogP contribution in [0.2, 0.25) is 0 Å². The first-order chi connectivity index (χ1) is 12.7. The summed E-state index contributed by atoms with van der Waals surface area (Å²) in [6.45, 7) is 0.270. The number of nitrogens with zero attached hydrogens (tertiary/aromatic N) is 2. The van der Waals surface area contributed by atoms with Crippen LogP contribution in [0.5, 0.6) is 0 Å². The van der Waals surface area contributed by atoms with Gasteiger partial charge in [-0.3, -0.25) is 13.9 Å². The zero-order valence-electron chi connectivity index (χ0n) is 15.2. The molecule has 0 saturated heterocycles. The fourth-order valence-corrected chi connectivity index (χ4v) is 3.76. The minimum Gasteiger partial charge on any atom is -0.481 e. The summed E-state index contributed by atoms with van der Waals surface area (Å²) >= 11 is 0. The van der Waals surface area contributed by atoms with Crippen LogP contribution in [-0.2, 0) is 14.8 Å². The lowest BCUT2D eigenvalue weighted by Gasteiger charge is -2.20. The molecule has 0 aliphatic heterocycles. The molecule has 0 aliphatic carbocycles. The van der Waals surface area contributed by atoms with Crippen LogP contribution in [0.4, 0.5) is 5.69 Å². The molecule has 0 fully saturated rings. The number of para-hydroxylation sites is 1. The number of aliphatic carboxylic acids is 1. The van der Waals surface area contributed by atoms with Crippen LogP contribution in [-0.4, -0.2) is 50.9 Å². The predicted octanol–water partition coefficient (Wildman–Crippen LogP) is 2.45. The van der Waals surface area contributed by atoms with Crippen LogP contribution in [0, 0.1) is 0 Å². The van der Waals surface area contributed by atoms with Crippen LogP contribution < -0.4 is 4.31 Å². The molecule has 0 atom stereocenters. The molecule has 2 aromatic rings. The van der Waals surface area contributed by atoms with Crippen molar-refractivity contribution in [3.63, 3.8) is 0 Å². The van der Waals surface area contributed by atoms with Crippen molar-refractivity contribution in [2.75, 3.05) is 24.9 Å². The lowest BCUT2D eigenvalue weighted by Crippen LogP contribution is -2.29. The molecule has 0 aromatic heterocycles. The van der Waals surface area contributed by atoms with Gasteiger partial charge in [0, 0.05) is 32.6 Å². The van der Waals surface area contributed by atoms with Crippen molar-refractivity contribution in [3.8, 4) is 0 Å². The molecule has 1 N–H and O–H groups in total. The van der Waals surface area contributed by atoms with Gasteiger partial charge in [-0.05, 0) is 36.8 Å². The van der Waals surface area contributed by atoms with Crippen molar-refractivity contribution in [2.45, 2.75) is 17.7 Å². The van der Waals surface area contributed by atoms with Crippen LogP contribution in [0.15, 0.2) is 59.5 Å². The second-order valence-electron chi connectivity index (χ2n) is 6.06. The zero-order valence-corrected chi connectivity index (χ0v) is 16.0. The van der Waals surface area contributed by atoms with Crippen LogP contribution >= 0.6 is 0 Å². The van der Waals surface area contributed by atoms with E-state index in [1.807, 2.05) is 0 Å². The Bertz CT molecular complexity index is 913. The normalized spacial score (nSPS) is 11.0. The van der Waals surface area contributed by atoms with E-state index in [0.29, 0.717) is 12.1 Å². The Morgan fingerprint density at radius 3 is 2.30 bits per heavy atom. The maximum atomic E-state index is 12.9. The largest absolute Gasteiger partial charge is 0.481 e. The molecule has 7 nitrogen and oxygen atoms in total. The molecule has 2 aromatic carbocycles. The van der Waals surface area contributed by atoms with E-state index in [2.05, 4.69) is 0 Å². The average Bonchev–Trinajstić information content (AvgIpc) is 2.67. The molecule has 8 heteroatoms. The van der Waals surface area contributed by atoms with E-state index in [0.717, 1.165) is 4.31 Å². The summed E-state index contributed by atoms with van der Waals surface area (Å²) in [5, 5.41) is 8.68. The third-order valence-corrected chi connectivity index (χ3v) is 5.87. The number of carbonyl (C=O) groups is 2. The number of sulfonamides is 1. The van der Waals surface area contributed by atoms with E-state index in [9.17, 15) is 18.0 Å². The van der Waals surface area contributed by atoms with Gasteiger partial charge in [0.1, 0.15) is 0 Å². The Morgan fingerprint density at radius 1 is 1.00 bits per heavy atom. The number of hydrogen-bond acceptors (Lipinski definition) is 4. The van der Waals surface area contributed by atoms with Gasteiger partial charge in [0.25, 0.3) is 15.9 Å². The molecule has 2 rings (SSSR count). The molecular weight excluding hydrogens is 368 g/mol. The van der Waals surface area contributed by atoms with Crippen molar-refractivity contribution in [2.24, 2.45) is 0 Å². The monoisotopic (exact) mass is 390 g/mol. The molecule has 0 spiro atoms. The summed E-state index contributed by atoms with van der Waals surface area (Å²) in [4.78, 5) is 24.5. The van der Waals surface area contributed by atoms with Crippen molar-refractivity contribution in [1.29, 1.82) is 0 Å². The van der Waals surface area contributed by atoms with Gasteiger partial charge in [-0.15, -0.1) is 0 Å². The number of carboxylic acids is 1. The summed E-state index contributed by atoms with van der Waals surface area (Å²) in [6, 6.07) is 14.5. The van der Waals surface area contributed by atoms with Crippen LogP contribution in [0.3, 0.4) is 0 Å². The molecule has 0 unspecified atom stereocenters. The molecule has 1 amide bonds. The quantitative estimate of drug-likeness (QED) is 0.747. The molecule has 0 saturated carbocycles. The Balaban J connectivity index is 2.21. The van der Waals surface area contributed by atoms with E-state index in [-0.39, 0.29) is 29.3 Å². The van der Waals surface area contributed by atoms with Crippen LogP contribution in [0.1, 0.15) is 23.2 Å². The van der Waals surface area contributed by atoms with E-state index >= 15 is 0 Å². The molecule has 27 heavy (non-hydrogen) atoms. The molecule has 0 radical (unpaired) electrons. The smallest absolute Gasteiger partial charge is 0.303 e. The van der Waals surface area contributed by atoms with Gasteiger partial charge in [-0.25, -0.2) is 8.42 Å². The predicted molar refractivity (Wildman–Crippen MR) is 102 cm³/mol.